The van der Waals surface area contributed by atoms with Crippen LogP contribution in [0.2, 0.25) is 0 Å². The van der Waals surface area contributed by atoms with Gasteiger partial charge < -0.3 is 15.4 Å². The second-order valence-corrected chi connectivity index (χ2v) is 6.17. The van der Waals surface area contributed by atoms with E-state index in [1.54, 1.807) is 0 Å². The molecule has 1 aliphatic rings. The van der Waals surface area contributed by atoms with Crippen molar-refractivity contribution in [3.63, 3.8) is 0 Å². The van der Waals surface area contributed by atoms with Gasteiger partial charge in [-0.05, 0) is 25.2 Å². The molecule has 118 valence electrons. The van der Waals surface area contributed by atoms with Crippen LogP contribution in [0.25, 0.3) is 0 Å². The standard InChI is InChI=1S/C16H28N4O/c1-4-21-11-15-19-13(17-3)10-14(20-15)18-12-16(2)8-6-5-7-9-16/h10H,4-9,11-12H2,1-3H3,(H2,17,18,19,20). The molecule has 0 atom stereocenters. The highest BCUT2D eigenvalue weighted by atomic mass is 16.5. The van der Waals surface area contributed by atoms with Crippen LogP contribution in [0, 0.1) is 5.41 Å². The monoisotopic (exact) mass is 292 g/mol. The topological polar surface area (TPSA) is 59.1 Å². The summed E-state index contributed by atoms with van der Waals surface area (Å²) in [5.41, 5.74) is 0.392. The number of anilines is 2. The fraction of sp³-hybridized carbons (Fsp3) is 0.750. The maximum absolute atomic E-state index is 5.41. The number of aromatic nitrogens is 2. The number of ether oxygens (including phenoxy) is 1. The summed E-state index contributed by atoms with van der Waals surface area (Å²) in [6.07, 6.45) is 6.68. The van der Waals surface area contributed by atoms with E-state index in [9.17, 15) is 0 Å². The van der Waals surface area contributed by atoms with Crippen LogP contribution in [0.4, 0.5) is 11.6 Å². The summed E-state index contributed by atoms with van der Waals surface area (Å²) in [5, 5.41) is 6.58. The van der Waals surface area contributed by atoms with E-state index in [1.165, 1.54) is 32.1 Å². The van der Waals surface area contributed by atoms with E-state index in [0.717, 1.165) is 24.0 Å². The molecule has 1 saturated carbocycles. The molecule has 0 radical (unpaired) electrons. The van der Waals surface area contributed by atoms with E-state index in [0.29, 0.717) is 18.6 Å². The van der Waals surface area contributed by atoms with Crippen molar-refractivity contribution in [3.8, 4) is 0 Å². The van der Waals surface area contributed by atoms with Gasteiger partial charge in [0.15, 0.2) is 5.82 Å². The number of nitrogens with zero attached hydrogens (tertiary/aromatic N) is 2. The minimum Gasteiger partial charge on any atom is -0.374 e. The third-order valence-corrected chi connectivity index (χ3v) is 4.22. The van der Waals surface area contributed by atoms with Gasteiger partial charge in [-0.1, -0.05) is 26.2 Å². The molecule has 0 bridgehead atoms. The van der Waals surface area contributed by atoms with Gasteiger partial charge in [-0.15, -0.1) is 0 Å². The Morgan fingerprint density at radius 2 is 1.90 bits per heavy atom. The molecule has 1 aliphatic carbocycles. The largest absolute Gasteiger partial charge is 0.374 e. The molecule has 1 heterocycles. The van der Waals surface area contributed by atoms with E-state index in [2.05, 4.69) is 27.5 Å². The first-order valence-corrected chi connectivity index (χ1v) is 8.02. The molecule has 0 aliphatic heterocycles. The predicted molar refractivity (Wildman–Crippen MR) is 86.6 cm³/mol. The Kier molecular flexibility index (Phi) is 5.79. The second-order valence-electron chi connectivity index (χ2n) is 6.17. The van der Waals surface area contributed by atoms with E-state index in [4.69, 9.17) is 4.74 Å². The molecule has 0 spiro atoms. The first-order valence-electron chi connectivity index (χ1n) is 8.02. The summed E-state index contributed by atoms with van der Waals surface area (Å²) in [6.45, 7) is 6.46. The van der Waals surface area contributed by atoms with Crippen LogP contribution < -0.4 is 10.6 Å². The van der Waals surface area contributed by atoms with Crippen molar-refractivity contribution in [2.45, 2.75) is 52.6 Å². The average Bonchev–Trinajstić information content (AvgIpc) is 2.51. The van der Waals surface area contributed by atoms with Gasteiger partial charge in [0, 0.05) is 26.3 Å². The van der Waals surface area contributed by atoms with Crippen LogP contribution in [0.1, 0.15) is 51.8 Å². The maximum Gasteiger partial charge on any atom is 0.158 e. The van der Waals surface area contributed by atoms with Gasteiger partial charge in [-0.25, -0.2) is 9.97 Å². The summed E-state index contributed by atoms with van der Waals surface area (Å²) in [7, 11) is 1.87. The number of rotatable bonds is 7. The zero-order chi connectivity index (χ0) is 15.1. The van der Waals surface area contributed by atoms with Gasteiger partial charge in [0.2, 0.25) is 0 Å². The van der Waals surface area contributed by atoms with Crippen molar-refractivity contribution in [2.75, 3.05) is 30.8 Å². The summed E-state index contributed by atoms with van der Waals surface area (Å²) in [6, 6.07) is 1.96. The molecule has 0 amide bonds. The fourth-order valence-corrected chi connectivity index (χ4v) is 2.86. The Balaban J connectivity index is 2.00. The molecule has 0 aromatic carbocycles. The zero-order valence-corrected chi connectivity index (χ0v) is 13.5. The number of hydrogen-bond acceptors (Lipinski definition) is 5. The first kappa shape index (κ1) is 16.0. The van der Waals surface area contributed by atoms with E-state index < -0.39 is 0 Å². The Hall–Kier alpha value is -1.36. The molecule has 5 heteroatoms. The van der Waals surface area contributed by atoms with Crippen molar-refractivity contribution in [2.24, 2.45) is 5.41 Å². The molecule has 1 aromatic rings. The molecule has 1 fully saturated rings. The Morgan fingerprint density at radius 1 is 1.19 bits per heavy atom. The molecular formula is C16H28N4O. The minimum atomic E-state index is 0.392. The first-order chi connectivity index (χ1) is 10.1. The van der Waals surface area contributed by atoms with Crippen LogP contribution in [0.15, 0.2) is 6.07 Å². The van der Waals surface area contributed by atoms with Gasteiger partial charge in [0.05, 0.1) is 0 Å². The van der Waals surface area contributed by atoms with Crippen LogP contribution in [-0.2, 0) is 11.3 Å². The predicted octanol–water partition coefficient (Wildman–Crippen LogP) is 3.44. The second kappa shape index (κ2) is 7.59. The molecule has 21 heavy (non-hydrogen) atoms. The van der Waals surface area contributed by atoms with Crippen LogP contribution >= 0.6 is 0 Å². The van der Waals surface area contributed by atoms with E-state index in [1.807, 2.05) is 20.0 Å². The molecule has 2 rings (SSSR count). The van der Waals surface area contributed by atoms with E-state index in [-0.39, 0.29) is 0 Å². The third kappa shape index (κ3) is 4.84. The van der Waals surface area contributed by atoms with Gasteiger partial charge >= 0.3 is 0 Å². The van der Waals surface area contributed by atoms with Gasteiger partial charge in [0.1, 0.15) is 18.2 Å². The normalized spacial score (nSPS) is 17.5. The SMILES string of the molecule is CCOCc1nc(NC)cc(NCC2(C)CCCCC2)n1. The lowest BCUT2D eigenvalue weighted by Crippen LogP contribution is -2.29. The molecule has 5 nitrogen and oxygen atoms in total. The smallest absolute Gasteiger partial charge is 0.158 e. The minimum absolute atomic E-state index is 0.392. The Bertz CT molecular complexity index is 444. The molecule has 0 unspecified atom stereocenters. The fourth-order valence-electron chi connectivity index (χ4n) is 2.86. The number of nitrogens with one attached hydrogen (secondary N) is 2. The summed E-state index contributed by atoms with van der Waals surface area (Å²) < 4.78 is 5.41. The zero-order valence-electron chi connectivity index (χ0n) is 13.5. The van der Waals surface area contributed by atoms with Crippen molar-refractivity contribution < 1.29 is 4.74 Å². The highest BCUT2D eigenvalue weighted by molar-refractivity contribution is 5.47. The summed E-state index contributed by atoms with van der Waals surface area (Å²) in [4.78, 5) is 8.96. The molecule has 2 N–H and O–H groups in total. The third-order valence-electron chi connectivity index (χ3n) is 4.22. The number of hydrogen-bond donors (Lipinski definition) is 2. The highest BCUT2D eigenvalue weighted by Gasteiger charge is 2.26. The maximum atomic E-state index is 5.41. The quantitative estimate of drug-likeness (QED) is 0.806. The van der Waals surface area contributed by atoms with Crippen molar-refractivity contribution in [1.29, 1.82) is 0 Å². The summed E-state index contributed by atoms with van der Waals surface area (Å²) in [5.74, 6) is 2.44. The average molecular weight is 292 g/mol. The lowest BCUT2D eigenvalue weighted by Gasteiger charge is -2.33. The van der Waals surface area contributed by atoms with Gasteiger partial charge in [0.25, 0.3) is 0 Å². The lowest BCUT2D eigenvalue weighted by molar-refractivity contribution is 0.128. The van der Waals surface area contributed by atoms with Gasteiger partial charge in [-0.2, -0.15) is 0 Å². The van der Waals surface area contributed by atoms with Crippen molar-refractivity contribution in [3.05, 3.63) is 11.9 Å². The Labute approximate surface area is 127 Å². The van der Waals surface area contributed by atoms with Crippen molar-refractivity contribution in [1.82, 2.24) is 9.97 Å². The van der Waals surface area contributed by atoms with E-state index >= 15 is 0 Å². The van der Waals surface area contributed by atoms with Crippen LogP contribution in [-0.4, -0.2) is 30.2 Å². The molecule has 1 aromatic heterocycles. The summed E-state index contributed by atoms with van der Waals surface area (Å²) >= 11 is 0. The van der Waals surface area contributed by atoms with Gasteiger partial charge in [-0.3, -0.25) is 0 Å². The lowest BCUT2D eigenvalue weighted by atomic mass is 9.76. The van der Waals surface area contributed by atoms with Crippen LogP contribution in [0.3, 0.4) is 0 Å². The Morgan fingerprint density at radius 3 is 2.57 bits per heavy atom. The molecule has 0 saturated heterocycles. The molecular weight excluding hydrogens is 264 g/mol. The highest BCUT2D eigenvalue weighted by Crippen LogP contribution is 2.35. The van der Waals surface area contributed by atoms with Crippen LogP contribution in [0.5, 0.6) is 0 Å². The van der Waals surface area contributed by atoms with Crippen molar-refractivity contribution >= 4 is 11.6 Å².